The Morgan fingerprint density at radius 2 is 2.00 bits per heavy atom. The molecule has 0 rings (SSSR count). The van der Waals surface area contributed by atoms with E-state index in [0.717, 1.165) is 19.4 Å². The van der Waals surface area contributed by atoms with Gasteiger partial charge in [0, 0.05) is 0 Å². The molecule has 1 N–H and O–H groups in total. The van der Waals surface area contributed by atoms with Crippen LogP contribution >= 0.6 is 0 Å². The Morgan fingerprint density at radius 3 is 2.56 bits per heavy atom. The van der Waals surface area contributed by atoms with E-state index >= 15 is 0 Å². The summed E-state index contributed by atoms with van der Waals surface area (Å²) in [5.74, 6) is 0.415. The van der Waals surface area contributed by atoms with Gasteiger partial charge in [-0.25, -0.2) is 0 Å². The molecule has 1 unspecified atom stereocenters. The number of unbranched alkanes of at least 4 members (excludes halogenated alkanes) is 1. The summed E-state index contributed by atoms with van der Waals surface area (Å²) in [6, 6.07) is 0. The average molecular weight is 229 g/mol. The summed E-state index contributed by atoms with van der Waals surface area (Å²) in [5.41, 5.74) is 0. The van der Waals surface area contributed by atoms with E-state index in [9.17, 15) is 4.79 Å². The third kappa shape index (κ3) is 8.72. The van der Waals surface area contributed by atoms with Crippen molar-refractivity contribution in [1.29, 1.82) is 0 Å². The monoisotopic (exact) mass is 229 g/mol. The van der Waals surface area contributed by atoms with E-state index in [2.05, 4.69) is 26.1 Å². The first-order chi connectivity index (χ1) is 7.74. The summed E-state index contributed by atoms with van der Waals surface area (Å²) in [4.78, 5) is 11.3. The molecule has 3 nitrogen and oxygen atoms in total. The largest absolute Gasteiger partial charge is 0.464 e. The lowest BCUT2D eigenvalue weighted by Gasteiger charge is -2.14. The topological polar surface area (TPSA) is 38.3 Å². The zero-order valence-corrected chi connectivity index (χ0v) is 11.1. The van der Waals surface area contributed by atoms with Crippen molar-refractivity contribution >= 4 is 5.97 Å². The van der Waals surface area contributed by atoms with Gasteiger partial charge in [0.05, 0.1) is 13.2 Å². The van der Waals surface area contributed by atoms with Crippen molar-refractivity contribution in [1.82, 2.24) is 5.32 Å². The minimum atomic E-state index is -0.122. The van der Waals surface area contributed by atoms with Gasteiger partial charge in [0.15, 0.2) is 0 Å². The molecule has 0 aromatic rings. The van der Waals surface area contributed by atoms with Crippen LogP contribution in [-0.4, -0.2) is 25.7 Å². The van der Waals surface area contributed by atoms with Crippen molar-refractivity contribution in [2.75, 3.05) is 19.7 Å². The van der Waals surface area contributed by atoms with Gasteiger partial charge in [0.25, 0.3) is 0 Å². The number of esters is 1. The van der Waals surface area contributed by atoms with Gasteiger partial charge in [-0.1, -0.05) is 40.0 Å². The summed E-state index contributed by atoms with van der Waals surface area (Å²) in [7, 11) is 0. The molecule has 0 aliphatic heterocycles. The van der Waals surface area contributed by atoms with Crippen molar-refractivity contribution < 1.29 is 9.53 Å². The predicted octanol–water partition coefficient (Wildman–Crippen LogP) is 2.75. The van der Waals surface area contributed by atoms with E-state index in [1.165, 1.54) is 19.3 Å². The van der Waals surface area contributed by atoms with E-state index < -0.39 is 0 Å². The van der Waals surface area contributed by atoms with Gasteiger partial charge in [-0.3, -0.25) is 4.79 Å². The van der Waals surface area contributed by atoms with Crippen LogP contribution in [-0.2, 0) is 9.53 Å². The number of ether oxygens (including phenoxy) is 1. The fourth-order valence-electron chi connectivity index (χ4n) is 1.53. The minimum absolute atomic E-state index is 0.122. The first-order valence-corrected chi connectivity index (χ1v) is 6.60. The van der Waals surface area contributed by atoms with Crippen molar-refractivity contribution in [3.05, 3.63) is 0 Å². The van der Waals surface area contributed by atoms with E-state index in [1.54, 1.807) is 0 Å². The Hall–Kier alpha value is -0.570. The number of hydrogen-bond donors (Lipinski definition) is 1. The Bertz CT molecular complexity index is 171. The smallest absolute Gasteiger partial charge is 0.319 e. The van der Waals surface area contributed by atoms with Crippen LogP contribution < -0.4 is 5.32 Å². The van der Waals surface area contributed by atoms with Crippen LogP contribution in [0.15, 0.2) is 0 Å². The number of carbonyl (C=O) groups excluding carboxylic acids is 1. The highest BCUT2D eigenvalue weighted by atomic mass is 16.5. The zero-order valence-electron chi connectivity index (χ0n) is 11.1. The second-order valence-electron chi connectivity index (χ2n) is 4.28. The Balaban J connectivity index is 3.54. The molecule has 96 valence electrons. The number of rotatable bonds is 10. The third-order valence-corrected chi connectivity index (χ3v) is 2.72. The van der Waals surface area contributed by atoms with Crippen molar-refractivity contribution in [3.63, 3.8) is 0 Å². The van der Waals surface area contributed by atoms with Crippen LogP contribution in [0.5, 0.6) is 0 Å². The van der Waals surface area contributed by atoms with Gasteiger partial charge in [-0.15, -0.1) is 0 Å². The number of nitrogens with one attached hydrogen (secondary N) is 1. The molecule has 0 saturated carbocycles. The molecule has 0 aromatic carbocycles. The highest BCUT2D eigenvalue weighted by molar-refractivity contribution is 5.71. The van der Waals surface area contributed by atoms with E-state index in [-0.39, 0.29) is 5.97 Å². The summed E-state index contributed by atoms with van der Waals surface area (Å²) in [6.07, 6.45) is 5.74. The molecule has 3 heteroatoms. The maximum Gasteiger partial charge on any atom is 0.319 e. The molecule has 0 aliphatic carbocycles. The molecule has 0 spiro atoms. The summed E-state index contributed by atoms with van der Waals surface area (Å²) < 4.78 is 5.24. The predicted molar refractivity (Wildman–Crippen MR) is 67.4 cm³/mol. The first-order valence-electron chi connectivity index (χ1n) is 6.60. The van der Waals surface area contributed by atoms with Gasteiger partial charge in [0.2, 0.25) is 0 Å². The van der Waals surface area contributed by atoms with Crippen LogP contribution in [0.2, 0.25) is 0 Å². The molecular weight excluding hydrogens is 202 g/mol. The summed E-state index contributed by atoms with van der Waals surface area (Å²) in [5, 5.41) is 3.05. The summed E-state index contributed by atoms with van der Waals surface area (Å²) >= 11 is 0. The SMILES string of the molecule is CCCCC(CC)COC(=O)CNCCC. The van der Waals surface area contributed by atoms with Gasteiger partial charge in [-0.2, -0.15) is 0 Å². The lowest BCUT2D eigenvalue weighted by molar-refractivity contribution is -0.144. The Labute approximate surface area is 99.9 Å². The standard InChI is InChI=1S/C13H27NO2/c1-4-7-8-12(6-3)11-16-13(15)10-14-9-5-2/h12,14H,4-11H2,1-3H3. The molecule has 16 heavy (non-hydrogen) atoms. The molecule has 0 fully saturated rings. The van der Waals surface area contributed by atoms with Gasteiger partial charge >= 0.3 is 5.97 Å². The maximum atomic E-state index is 11.3. The van der Waals surface area contributed by atoms with Gasteiger partial charge < -0.3 is 10.1 Å². The fraction of sp³-hybridized carbons (Fsp3) is 0.923. The van der Waals surface area contributed by atoms with Crippen molar-refractivity contribution in [2.45, 2.75) is 52.9 Å². The third-order valence-electron chi connectivity index (χ3n) is 2.72. The molecule has 0 aromatic heterocycles. The second kappa shape index (κ2) is 10.9. The lowest BCUT2D eigenvalue weighted by atomic mass is 10.0. The van der Waals surface area contributed by atoms with E-state index in [4.69, 9.17) is 4.74 Å². The highest BCUT2D eigenvalue weighted by Gasteiger charge is 2.09. The molecule has 0 aliphatic rings. The van der Waals surface area contributed by atoms with Crippen LogP contribution in [0.3, 0.4) is 0 Å². The second-order valence-corrected chi connectivity index (χ2v) is 4.28. The van der Waals surface area contributed by atoms with E-state index in [1.807, 2.05) is 0 Å². The van der Waals surface area contributed by atoms with Crippen molar-refractivity contribution in [3.8, 4) is 0 Å². The maximum absolute atomic E-state index is 11.3. The molecule has 0 saturated heterocycles. The van der Waals surface area contributed by atoms with Crippen LogP contribution in [0.25, 0.3) is 0 Å². The van der Waals surface area contributed by atoms with Crippen LogP contribution in [0.1, 0.15) is 52.9 Å². The number of hydrogen-bond acceptors (Lipinski definition) is 3. The van der Waals surface area contributed by atoms with E-state index in [0.29, 0.717) is 19.1 Å². The fourth-order valence-corrected chi connectivity index (χ4v) is 1.53. The Kier molecular flexibility index (Phi) is 10.5. The van der Waals surface area contributed by atoms with Gasteiger partial charge in [-0.05, 0) is 25.3 Å². The molecule has 1 atom stereocenters. The molecule has 0 bridgehead atoms. The molecule has 0 heterocycles. The van der Waals surface area contributed by atoms with Crippen LogP contribution in [0, 0.1) is 5.92 Å². The normalized spacial score (nSPS) is 12.4. The zero-order chi connectivity index (χ0) is 12.2. The quantitative estimate of drug-likeness (QED) is 0.462. The number of carbonyl (C=O) groups is 1. The molecular formula is C13H27NO2. The molecule has 0 radical (unpaired) electrons. The average Bonchev–Trinajstić information content (AvgIpc) is 2.30. The first kappa shape index (κ1) is 15.4. The lowest BCUT2D eigenvalue weighted by Crippen LogP contribution is -2.26. The minimum Gasteiger partial charge on any atom is -0.464 e. The summed E-state index contributed by atoms with van der Waals surface area (Å²) in [6.45, 7) is 8.23. The van der Waals surface area contributed by atoms with Crippen LogP contribution in [0.4, 0.5) is 0 Å². The van der Waals surface area contributed by atoms with Gasteiger partial charge in [0.1, 0.15) is 0 Å². The molecule has 0 amide bonds. The van der Waals surface area contributed by atoms with Crippen molar-refractivity contribution in [2.24, 2.45) is 5.92 Å². The Morgan fingerprint density at radius 1 is 1.25 bits per heavy atom. The highest BCUT2D eigenvalue weighted by Crippen LogP contribution is 2.12.